The summed E-state index contributed by atoms with van der Waals surface area (Å²) in [5.41, 5.74) is 4.87. The molecule has 0 aliphatic heterocycles. The minimum atomic E-state index is -0.158. The summed E-state index contributed by atoms with van der Waals surface area (Å²) >= 11 is 0. The van der Waals surface area contributed by atoms with Crippen LogP contribution in [-0.4, -0.2) is 24.8 Å². The van der Waals surface area contributed by atoms with Gasteiger partial charge in [0.25, 0.3) is 5.56 Å². The van der Waals surface area contributed by atoms with Crippen LogP contribution in [0, 0.1) is 0 Å². The van der Waals surface area contributed by atoms with E-state index in [0.717, 1.165) is 23.2 Å². The summed E-state index contributed by atoms with van der Waals surface area (Å²) in [6, 6.07) is 19.1. The van der Waals surface area contributed by atoms with Crippen LogP contribution < -0.4 is 10.9 Å². The molecule has 0 saturated heterocycles. The Hall–Kier alpha value is -4.26. The molecule has 0 atom stereocenters. The van der Waals surface area contributed by atoms with E-state index in [-0.39, 0.29) is 24.4 Å². The zero-order valence-electron chi connectivity index (χ0n) is 17.3. The SMILES string of the molecule is O=C(CCn1c(=O)c2cccn2c2cccnc21)Nc1ccc(Cc2ccncc2)cc1. The van der Waals surface area contributed by atoms with Crippen LogP contribution >= 0.6 is 0 Å². The fraction of sp³-hybridized carbons (Fsp3) is 0.120. The lowest BCUT2D eigenvalue weighted by atomic mass is 10.1. The van der Waals surface area contributed by atoms with Crippen molar-refractivity contribution in [1.29, 1.82) is 0 Å². The number of anilines is 1. The molecule has 7 nitrogen and oxygen atoms in total. The molecule has 1 amide bonds. The van der Waals surface area contributed by atoms with Crippen LogP contribution in [0.25, 0.3) is 16.7 Å². The van der Waals surface area contributed by atoms with E-state index in [1.807, 2.05) is 65.2 Å². The smallest absolute Gasteiger partial charge is 0.276 e. The first-order valence-electron chi connectivity index (χ1n) is 10.4. The number of rotatable bonds is 6. The first-order valence-corrected chi connectivity index (χ1v) is 10.4. The number of benzene rings is 1. The first kappa shape index (κ1) is 19.7. The Bertz CT molecular complexity index is 1450. The molecule has 0 fully saturated rings. The first-order chi connectivity index (χ1) is 15.7. The number of amides is 1. The molecular formula is C25H21N5O2. The Labute approximate surface area is 184 Å². The van der Waals surface area contributed by atoms with Crippen molar-refractivity contribution in [3.63, 3.8) is 0 Å². The van der Waals surface area contributed by atoms with Crippen LogP contribution in [0.3, 0.4) is 0 Å². The Morgan fingerprint density at radius 3 is 2.44 bits per heavy atom. The maximum atomic E-state index is 12.9. The van der Waals surface area contributed by atoms with Gasteiger partial charge in [0.1, 0.15) is 5.52 Å². The minimum absolute atomic E-state index is 0.155. The van der Waals surface area contributed by atoms with E-state index in [2.05, 4.69) is 15.3 Å². The Morgan fingerprint density at radius 2 is 1.62 bits per heavy atom. The molecule has 0 unspecified atom stereocenters. The van der Waals surface area contributed by atoms with Gasteiger partial charge in [0, 0.05) is 43.4 Å². The normalized spacial score (nSPS) is 11.1. The maximum Gasteiger partial charge on any atom is 0.276 e. The standard InChI is InChI=1S/C25H21N5O2/c31-23(28-20-7-5-18(6-8-20)17-19-9-13-26-14-10-19)11-16-30-24-21(3-1-12-27-24)29-15-2-4-22(29)25(30)32/h1-10,12-15H,11,16-17H2,(H,28,31). The lowest BCUT2D eigenvalue weighted by Gasteiger charge is -2.12. The second-order valence-corrected chi connectivity index (χ2v) is 7.59. The van der Waals surface area contributed by atoms with Crippen molar-refractivity contribution in [2.45, 2.75) is 19.4 Å². The molecule has 5 aromatic rings. The Morgan fingerprint density at radius 1 is 0.875 bits per heavy atom. The van der Waals surface area contributed by atoms with Crippen molar-refractivity contribution >= 4 is 28.3 Å². The van der Waals surface area contributed by atoms with E-state index in [9.17, 15) is 9.59 Å². The second kappa shape index (κ2) is 8.47. The molecule has 7 heteroatoms. The molecule has 0 radical (unpaired) electrons. The van der Waals surface area contributed by atoms with Crippen LogP contribution in [0.1, 0.15) is 17.5 Å². The lowest BCUT2D eigenvalue weighted by Crippen LogP contribution is -2.25. The average molecular weight is 423 g/mol. The van der Waals surface area contributed by atoms with Gasteiger partial charge in [-0.3, -0.25) is 19.1 Å². The fourth-order valence-corrected chi connectivity index (χ4v) is 3.87. The number of aryl methyl sites for hydroxylation is 1. The summed E-state index contributed by atoms with van der Waals surface area (Å²) in [7, 11) is 0. The highest BCUT2D eigenvalue weighted by atomic mass is 16.2. The molecular weight excluding hydrogens is 402 g/mol. The van der Waals surface area contributed by atoms with Crippen molar-refractivity contribution in [1.82, 2.24) is 18.9 Å². The van der Waals surface area contributed by atoms with Crippen LogP contribution in [0.15, 0.2) is 90.2 Å². The molecule has 0 saturated carbocycles. The summed E-state index contributed by atoms with van der Waals surface area (Å²) in [5, 5.41) is 2.91. The van der Waals surface area contributed by atoms with E-state index in [4.69, 9.17) is 0 Å². The number of hydrogen-bond acceptors (Lipinski definition) is 4. The van der Waals surface area contributed by atoms with Crippen LogP contribution in [0.2, 0.25) is 0 Å². The van der Waals surface area contributed by atoms with Gasteiger partial charge < -0.3 is 9.72 Å². The highest BCUT2D eigenvalue weighted by Gasteiger charge is 2.12. The van der Waals surface area contributed by atoms with Crippen LogP contribution in [0.4, 0.5) is 5.69 Å². The fourth-order valence-electron chi connectivity index (χ4n) is 3.87. The zero-order chi connectivity index (χ0) is 21.9. The van der Waals surface area contributed by atoms with Gasteiger partial charge in [-0.25, -0.2) is 4.98 Å². The van der Waals surface area contributed by atoms with Gasteiger partial charge in [-0.2, -0.15) is 0 Å². The summed E-state index contributed by atoms with van der Waals surface area (Å²) < 4.78 is 3.40. The highest BCUT2D eigenvalue weighted by molar-refractivity contribution is 5.90. The van der Waals surface area contributed by atoms with Crippen LogP contribution in [-0.2, 0) is 17.8 Å². The Kier molecular flexibility index (Phi) is 5.21. The number of aromatic nitrogens is 4. The van der Waals surface area contributed by atoms with Gasteiger partial charge in [0.05, 0.1) is 5.52 Å². The summed E-state index contributed by atoms with van der Waals surface area (Å²) in [6.45, 7) is 0.250. The summed E-state index contributed by atoms with van der Waals surface area (Å²) in [6.07, 6.45) is 8.03. The van der Waals surface area contributed by atoms with Gasteiger partial charge in [-0.1, -0.05) is 12.1 Å². The monoisotopic (exact) mass is 423 g/mol. The van der Waals surface area contributed by atoms with Crippen LogP contribution in [0.5, 0.6) is 0 Å². The van der Waals surface area contributed by atoms with E-state index in [1.54, 1.807) is 29.2 Å². The third-order valence-corrected chi connectivity index (χ3v) is 5.45. The third-order valence-electron chi connectivity index (χ3n) is 5.45. The number of pyridine rings is 2. The van der Waals surface area contributed by atoms with Crippen molar-refractivity contribution in [3.05, 3.63) is 107 Å². The Balaban J connectivity index is 1.28. The lowest BCUT2D eigenvalue weighted by molar-refractivity contribution is -0.116. The van der Waals surface area contributed by atoms with Gasteiger partial charge in [-0.15, -0.1) is 0 Å². The molecule has 0 bridgehead atoms. The van der Waals surface area contributed by atoms with Gasteiger partial charge in [0.15, 0.2) is 5.65 Å². The maximum absolute atomic E-state index is 12.9. The highest BCUT2D eigenvalue weighted by Crippen LogP contribution is 2.15. The van der Waals surface area contributed by atoms with E-state index < -0.39 is 0 Å². The topological polar surface area (TPSA) is 81.3 Å². The number of hydrogen-bond donors (Lipinski definition) is 1. The number of fused-ring (bicyclic) bond motifs is 3. The molecule has 0 spiro atoms. The average Bonchev–Trinajstić information content (AvgIpc) is 3.32. The van der Waals surface area contributed by atoms with Gasteiger partial charge >= 0.3 is 0 Å². The largest absolute Gasteiger partial charge is 0.326 e. The number of carbonyl (C=O) groups excluding carboxylic acids is 1. The number of nitrogens with zero attached hydrogens (tertiary/aromatic N) is 4. The molecule has 0 aliphatic carbocycles. The second-order valence-electron chi connectivity index (χ2n) is 7.59. The van der Waals surface area contributed by atoms with Gasteiger partial charge in [-0.05, 0) is 66.1 Å². The molecule has 5 rings (SSSR count). The predicted molar refractivity (Wildman–Crippen MR) is 124 cm³/mol. The van der Waals surface area contributed by atoms with E-state index in [0.29, 0.717) is 11.2 Å². The van der Waals surface area contributed by atoms with Crippen molar-refractivity contribution in [2.75, 3.05) is 5.32 Å². The molecule has 1 aromatic carbocycles. The zero-order valence-corrected chi connectivity index (χ0v) is 17.3. The minimum Gasteiger partial charge on any atom is -0.326 e. The number of nitrogens with one attached hydrogen (secondary N) is 1. The molecule has 0 aliphatic rings. The summed E-state index contributed by atoms with van der Waals surface area (Å²) in [4.78, 5) is 33.9. The molecule has 1 N–H and O–H groups in total. The molecule has 4 aromatic heterocycles. The summed E-state index contributed by atoms with van der Waals surface area (Å²) in [5.74, 6) is -0.155. The van der Waals surface area contributed by atoms with E-state index in [1.165, 1.54) is 5.56 Å². The molecule has 32 heavy (non-hydrogen) atoms. The third kappa shape index (κ3) is 3.88. The molecule has 4 heterocycles. The van der Waals surface area contributed by atoms with Crippen molar-refractivity contribution in [2.24, 2.45) is 0 Å². The quantitative estimate of drug-likeness (QED) is 0.452. The van der Waals surface area contributed by atoms with Crippen molar-refractivity contribution < 1.29 is 4.79 Å². The molecule has 158 valence electrons. The van der Waals surface area contributed by atoms with E-state index >= 15 is 0 Å². The number of carbonyl (C=O) groups is 1. The van der Waals surface area contributed by atoms with Gasteiger partial charge in [0.2, 0.25) is 5.91 Å². The van der Waals surface area contributed by atoms with Crippen molar-refractivity contribution in [3.8, 4) is 0 Å². The predicted octanol–water partition coefficient (Wildman–Crippen LogP) is 3.66.